The van der Waals surface area contributed by atoms with Crippen molar-refractivity contribution in [3.63, 3.8) is 0 Å². The summed E-state index contributed by atoms with van der Waals surface area (Å²) in [4.78, 5) is 25.7. The SMILES string of the molecule is O=C(O)CC[C@]12CCC[C@@H]3CCC(=O)N(c4ccccc41)[C@@H]32. The molecule has 0 spiro atoms. The van der Waals surface area contributed by atoms with Crippen LogP contribution < -0.4 is 4.90 Å². The summed E-state index contributed by atoms with van der Waals surface area (Å²) in [6.07, 6.45) is 5.72. The molecule has 4 nitrogen and oxygen atoms in total. The Morgan fingerprint density at radius 1 is 1.32 bits per heavy atom. The van der Waals surface area contributed by atoms with E-state index in [2.05, 4.69) is 6.07 Å². The molecule has 2 heterocycles. The number of carboxylic acid groups (broad SMARTS) is 1. The molecule has 1 N–H and O–H groups in total. The van der Waals surface area contributed by atoms with Gasteiger partial charge in [0.25, 0.3) is 0 Å². The standard InChI is InChI=1S/C18H21NO3/c20-15-8-7-12-4-3-10-18(11-9-16(21)22)13-5-1-2-6-14(13)19(15)17(12)18/h1-2,5-6,12,17H,3-4,7-11H2,(H,21,22)/t12-,17+,18-/m1/s1. The molecule has 0 radical (unpaired) electrons. The molecule has 22 heavy (non-hydrogen) atoms. The number of hydrogen-bond donors (Lipinski definition) is 1. The molecule has 3 aliphatic rings. The molecular formula is C18H21NO3. The van der Waals surface area contributed by atoms with Gasteiger partial charge in [0.15, 0.2) is 0 Å². The molecular weight excluding hydrogens is 278 g/mol. The van der Waals surface area contributed by atoms with Crippen LogP contribution in [0.2, 0.25) is 0 Å². The monoisotopic (exact) mass is 299 g/mol. The lowest BCUT2D eigenvalue weighted by molar-refractivity contribution is -0.137. The van der Waals surface area contributed by atoms with Crippen molar-refractivity contribution in [3.05, 3.63) is 29.8 Å². The lowest BCUT2D eigenvalue weighted by atomic mass is 9.60. The summed E-state index contributed by atoms with van der Waals surface area (Å²) in [6, 6.07) is 8.34. The van der Waals surface area contributed by atoms with Crippen LogP contribution in [0, 0.1) is 5.92 Å². The fraction of sp³-hybridized carbons (Fsp3) is 0.556. The molecule has 2 aliphatic heterocycles. The topological polar surface area (TPSA) is 57.6 Å². The van der Waals surface area contributed by atoms with Crippen LogP contribution in [-0.4, -0.2) is 23.0 Å². The largest absolute Gasteiger partial charge is 0.481 e. The van der Waals surface area contributed by atoms with E-state index in [9.17, 15) is 14.7 Å². The first-order valence-electron chi connectivity index (χ1n) is 8.27. The lowest BCUT2D eigenvalue weighted by Gasteiger charge is -2.49. The number of carbonyl (C=O) groups excluding carboxylic acids is 1. The Morgan fingerprint density at radius 3 is 2.95 bits per heavy atom. The van der Waals surface area contributed by atoms with Gasteiger partial charge in [0.1, 0.15) is 0 Å². The molecule has 0 unspecified atom stereocenters. The van der Waals surface area contributed by atoms with E-state index in [1.54, 1.807) is 0 Å². The molecule has 1 saturated carbocycles. The van der Waals surface area contributed by atoms with Gasteiger partial charge in [0, 0.05) is 30.0 Å². The zero-order chi connectivity index (χ0) is 15.3. The second kappa shape index (κ2) is 4.83. The van der Waals surface area contributed by atoms with Crippen molar-refractivity contribution in [2.75, 3.05) is 4.90 Å². The van der Waals surface area contributed by atoms with E-state index in [0.29, 0.717) is 18.8 Å². The number of anilines is 1. The molecule has 4 rings (SSSR count). The Hall–Kier alpha value is -1.84. The third-order valence-corrected chi connectivity index (χ3v) is 5.97. The second-order valence-electron chi connectivity index (χ2n) is 6.97. The van der Waals surface area contributed by atoms with Crippen molar-refractivity contribution < 1.29 is 14.7 Å². The highest BCUT2D eigenvalue weighted by Crippen LogP contribution is 2.58. The van der Waals surface area contributed by atoms with Crippen LogP contribution in [0.1, 0.15) is 50.5 Å². The van der Waals surface area contributed by atoms with Crippen LogP contribution in [0.3, 0.4) is 0 Å². The quantitative estimate of drug-likeness (QED) is 0.933. The maximum Gasteiger partial charge on any atom is 0.303 e. The normalized spacial score (nSPS) is 32.5. The molecule has 1 aromatic rings. The minimum Gasteiger partial charge on any atom is -0.481 e. The second-order valence-corrected chi connectivity index (χ2v) is 6.97. The van der Waals surface area contributed by atoms with E-state index in [1.165, 1.54) is 5.56 Å². The fourth-order valence-electron chi connectivity index (χ4n) is 5.20. The maximum absolute atomic E-state index is 12.6. The minimum absolute atomic E-state index is 0.145. The fourth-order valence-corrected chi connectivity index (χ4v) is 5.20. The van der Waals surface area contributed by atoms with Gasteiger partial charge < -0.3 is 10.0 Å². The Labute approximate surface area is 130 Å². The third-order valence-electron chi connectivity index (χ3n) is 5.97. The van der Waals surface area contributed by atoms with Crippen LogP contribution in [0.15, 0.2) is 24.3 Å². The smallest absolute Gasteiger partial charge is 0.303 e. The van der Waals surface area contributed by atoms with Crippen LogP contribution in [0.25, 0.3) is 0 Å². The predicted octanol–water partition coefficient (Wildman–Crippen LogP) is 3.10. The first kappa shape index (κ1) is 13.8. The van der Waals surface area contributed by atoms with Crippen molar-refractivity contribution in [3.8, 4) is 0 Å². The lowest BCUT2D eigenvalue weighted by Crippen LogP contribution is -2.56. The number of nitrogens with zero attached hydrogens (tertiary/aromatic N) is 1. The van der Waals surface area contributed by atoms with Gasteiger partial charge >= 0.3 is 5.97 Å². The average Bonchev–Trinajstić information content (AvgIpc) is 2.82. The molecule has 1 aliphatic carbocycles. The van der Waals surface area contributed by atoms with Crippen molar-refractivity contribution in [2.24, 2.45) is 5.92 Å². The van der Waals surface area contributed by atoms with Crippen LogP contribution in [0.4, 0.5) is 5.69 Å². The van der Waals surface area contributed by atoms with Crippen molar-refractivity contribution >= 4 is 17.6 Å². The highest BCUT2D eigenvalue weighted by molar-refractivity contribution is 5.98. The van der Waals surface area contributed by atoms with Gasteiger partial charge in [-0.2, -0.15) is 0 Å². The van der Waals surface area contributed by atoms with Crippen molar-refractivity contribution in [1.29, 1.82) is 0 Å². The Bertz CT molecular complexity index is 641. The third kappa shape index (κ3) is 1.76. The molecule has 1 amide bonds. The number of aliphatic carboxylic acids is 1. The van der Waals surface area contributed by atoms with E-state index in [1.807, 2.05) is 23.1 Å². The zero-order valence-corrected chi connectivity index (χ0v) is 12.6. The van der Waals surface area contributed by atoms with Gasteiger partial charge in [0.2, 0.25) is 5.91 Å². The number of amides is 1. The van der Waals surface area contributed by atoms with Crippen molar-refractivity contribution in [1.82, 2.24) is 0 Å². The first-order valence-corrected chi connectivity index (χ1v) is 8.27. The summed E-state index contributed by atoms with van der Waals surface area (Å²) in [7, 11) is 0. The number of rotatable bonds is 3. The summed E-state index contributed by atoms with van der Waals surface area (Å²) in [5.74, 6) is -0.00462. The highest BCUT2D eigenvalue weighted by Gasteiger charge is 2.58. The molecule has 0 bridgehead atoms. The number of benzene rings is 1. The van der Waals surface area contributed by atoms with Gasteiger partial charge in [-0.3, -0.25) is 9.59 Å². The number of hydrogen-bond acceptors (Lipinski definition) is 2. The molecule has 1 saturated heterocycles. The number of fused-ring (bicyclic) bond motifs is 3. The molecule has 4 heteroatoms. The van der Waals surface area contributed by atoms with E-state index in [-0.39, 0.29) is 23.8 Å². The average molecular weight is 299 g/mol. The molecule has 0 aromatic heterocycles. The van der Waals surface area contributed by atoms with Gasteiger partial charge in [-0.15, -0.1) is 0 Å². The predicted molar refractivity (Wildman–Crippen MR) is 82.8 cm³/mol. The number of carbonyl (C=O) groups is 2. The Balaban J connectivity index is 1.86. The minimum atomic E-state index is -0.741. The summed E-state index contributed by atoms with van der Waals surface area (Å²) >= 11 is 0. The van der Waals surface area contributed by atoms with Gasteiger partial charge in [-0.05, 0) is 43.2 Å². The van der Waals surface area contributed by atoms with Crippen LogP contribution in [-0.2, 0) is 15.0 Å². The van der Waals surface area contributed by atoms with Crippen molar-refractivity contribution in [2.45, 2.75) is 56.4 Å². The highest BCUT2D eigenvalue weighted by atomic mass is 16.4. The Morgan fingerprint density at radius 2 is 2.14 bits per heavy atom. The van der Waals surface area contributed by atoms with Gasteiger partial charge in [-0.1, -0.05) is 24.6 Å². The van der Waals surface area contributed by atoms with E-state index in [0.717, 1.165) is 31.4 Å². The molecule has 116 valence electrons. The Kier molecular flexibility index (Phi) is 3.03. The van der Waals surface area contributed by atoms with E-state index >= 15 is 0 Å². The summed E-state index contributed by atoms with van der Waals surface area (Å²) in [5.41, 5.74) is 2.10. The molecule has 2 fully saturated rings. The summed E-state index contributed by atoms with van der Waals surface area (Å²) in [6.45, 7) is 0. The molecule has 1 aromatic carbocycles. The van der Waals surface area contributed by atoms with Crippen LogP contribution in [0.5, 0.6) is 0 Å². The van der Waals surface area contributed by atoms with E-state index < -0.39 is 5.97 Å². The first-order chi connectivity index (χ1) is 10.6. The van der Waals surface area contributed by atoms with Crippen LogP contribution >= 0.6 is 0 Å². The van der Waals surface area contributed by atoms with E-state index in [4.69, 9.17) is 0 Å². The number of carboxylic acids is 1. The van der Waals surface area contributed by atoms with Gasteiger partial charge in [-0.25, -0.2) is 0 Å². The molecule has 3 atom stereocenters. The zero-order valence-electron chi connectivity index (χ0n) is 12.6. The maximum atomic E-state index is 12.6. The summed E-state index contributed by atoms with van der Waals surface area (Å²) < 4.78 is 0. The number of piperidine rings is 1. The van der Waals surface area contributed by atoms with Gasteiger partial charge in [0.05, 0.1) is 0 Å². The number of para-hydroxylation sites is 1. The summed E-state index contributed by atoms with van der Waals surface area (Å²) in [5, 5.41) is 9.18.